The summed E-state index contributed by atoms with van der Waals surface area (Å²) >= 11 is 0. The number of methoxy groups -OCH3 is 1. The predicted molar refractivity (Wildman–Crippen MR) is 96.8 cm³/mol. The lowest BCUT2D eigenvalue weighted by Gasteiger charge is -2.37. The first-order valence-electron chi connectivity index (χ1n) is 8.75. The normalized spacial score (nSPS) is 21.0. The van der Waals surface area contributed by atoms with Crippen molar-refractivity contribution < 1.29 is 4.74 Å². The number of nitrogens with zero attached hydrogens (tertiary/aromatic N) is 4. The smallest absolute Gasteiger partial charge is 0.146 e. The summed E-state index contributed by atoms with van der Waals surface area (Å²) in [4.78, 5) is 4.86. The Balaban J connectivity index is 1.69. The number of ether oxygens (including phenoxy) is 1. The van der Waals surface area contributed by atoms with E-state index in [-0.39, 0.29) is 0 Å². The number of hydrazine groups is 1. The Labute approximate surface area is 148 Å². The van der Waals surface area contributed by atoms with E-state index in [0.717, 1.165) is 35.3 Å². The minimum Gasteiger partial charge on any atom is -0.495 e. The fraction of sp³-hybridized carbons (Fsp3) is 0.400. The van der Waals surface area contributed by atoms with Gasteiger partial charge in [0.25, 0.3) is 0 Å². The van der Waals surface area contributed by atoms with Crippen LogP contribution in [0.3, 0.4) is 0 Å². The van der Waals surface area contributed by atoms with Crippen molar-refractivity contribution in [2.75, 3.05) is 13.7 Å². The Bertz CT molecular complexity index is 842. The topological polar surface area (TPSA) is 51.9 Å². The van der Waals surface area contributed by atoms with Crippen molar-refractivity contribution in [2.45, 2.75) is 32.7 Å². The molecule has 4 rings (SSSR count). The van der Waals surface area contributed by atoms with Crippen LogP contribution in [0, 0.1) is 17.2 Å². The molecule has 1 aromatic carbocycles. The molecule has 5 heteroatoms. The lowest BCUT2D eigenvalue weighted by atomic mass is 10.0. The second-order valence-corrected chi connectivity index (χ2v) is 6.86. The highest BCUT2D eigenvalue weighted by atomic mass is 16.5. The zero-order chi connectivity index (χ0) is 17.6. The Hall–Kier alpha value is -2.58. The molecular formula is C20H22N4O. The molecule has 0 amide bonds. The van der Waals surface area contributed by atoms with Crippen LogP contribution in [0.2, 0.25) is 0 Å². The molecule has 0 saturated heterocycles. The molecule has 1 aliphatic carbocycles. The van der Waals surface area contributed by atoms with E-state index in [9.17, 15) is 5.26 Å². The zero-order valence-electron chi connectivity index (χ0n) is 14.9. The van der Waals surface area contributed by atoms with Gasteiger partial charge in [0, 0.05) is 23.8 Å². The monoisotopic (exact) mass is 334 g/mol. The van der Waals surface area contributed by atoms with Gasteiger partial charge in [-0.2, -0.15) is 5.26 Å². The summed E-state index contributed by atoms with van der Waals surface area (Å²) in [5.41, 5.74) is 3.37. The molecule has 0 bridgehead atoms. The lowest BCUT2D eigenvalue weighted by Crippen LogP contribution is -2.44. The molecule has 0 aromatic heterocycles. The number of fused-ring (bicyclic) bond motifs is 1. The first kappa shape index (κ1) is 15.9. The minimum atomic E-state index is 0.528. The quantitative estimate of drug-likeness (QED) is 0.846. The van der Waals surface area contributed by atoms with Gasteiger partial charge in [-0.05, 0) is 56.9 Å². The molecule has 1 aromatic rings. The largest absolute Gasteiger partial charge is 0.495 e. The first-order valence-corrected chi connectivity index (χ1v) is 8.75. The van der Waals surface area contributed by atoms with E-state index in [1.54, 1.807) is 13.2 Å². The van der Waals surface area contributed by atoms with Crippen molar-refractivity contribution in [3.8, 4) is 11.8 Å². The summed E-state index contributed by atoms with van der Waals surface area (Å²) in [6.07, 6.45) is 6.91. The van der Waals surface area contributed by atoms with Gasteiger partial charge < -0.3 is 4.74 Å². The van der Waals surface area contributed by atoms with Crippen molar-refractivity contribution in [1.29, 1.82) is 5.26 Å². The molecule has 2 aliphatic heterocycles. The molecule has 1 fully saturated rings. The number of aliphatic imine (C=N–C) groups is 1. The van der Waals surface area contributed by atoms with E-state index in [1.807, 2.05) is 12.1 Å². The number of hydrogen-bond acceptors (Lipinski definition) is 5. The van der Waals surface area contributed by atoms with Crippen LogP contribution in [-0.4, -0.2) is 35.4 Å². The summed E-state index contributed by atoms with van der Waals surface area (Å²) in [7, 11) is 1.60. The van der Waals surface area contributed by atoms with E-state index >= 15 is 0 Å². The average molecular weight is 334 g/mol. The second kappa shape index (κ2) is 6.05. The molecular weight excluding hydrogens is 312 g/mol. The van der Waals surface area contributed by atoms with Crippen LogP contribution in [0.5, 0.6) is 5.75 Å². The maximum Gasteiger partial charge on any atom is 0.146 e. The third-order valence-corrected chi connectivity index (χ3v) is 5.24. The molecule has 128 valence electrons. The summed E-state index contributed by atoms with van der Waals surface area (Å²) < 4.78 is 5.49. The highest BCUT2D eigenvalue weighted by Crippen LogP contribution is 2.39. The van der Waals surface area contributed by atoms with Crippen LogP contribution < -0.4 is 4.74 Å². The highest BCUT2D eigenvalue weighted by molar-refractivity contribution is 6.12. The molecule has 1 saturated carbocycles. The molecule has 3 aliphatic rings. The fourth-order valence-electron chi connectivity index (χ4n) is 3.72. The molecule has 1 atom stereocenters. The molecule has 0 N–H and O–H groups in total. The standard InChI is InChI=1S/C20H22N4O/c1-13-11-18(17-6-4-5-16(12-21)20(17)25-3)22-19-9-10-23(24(13)19)14(2)15-7-8-15/h4-6,9,11,14-15H,7-8,10H2,1-3H3/t14-/m1/s1. The van der Waals surface area contributed by atoms with Gasteiger partial charge in [-0.3, -0.25) is 5.01 Å². The summed E-state index contributed by atoms with van der Waals surface area (Å²) in [6.45, 7) is 5.31. The van der Waals surface area contributed by atoms with E-state index in [1.165, 1.54) is 12.8 Å². The second-order valence-electron chi connectivity index (χ2n) is 6.86. The summed E-state index contributed by atoms with van der Waals surface area (Å²) in [6, 6.07) is 8.32. The van der Waals surface area contributed by atoms with E-state index in [4.69, 9.17) is 9.73 Å². The maximum absolute atomic E-state index is 9.32. The minimum absolute atomic E-state index is 0.528. The lowest BCUT2D eigenvalue weighted by molar-refractivity contribution is 0.0236. The van der Waals surface area contributed by atoms with Crippen LogP contribution >= 0.6 is 0 Å². The highest BCUT2D eigenvalue weighted by Gasteiger charge is 2.38. The van der Waals surface area contributed by atoms with Gasteiger partial charge in [-0.1, -0.05) is 6.07 Å². The Morgan fingerprint density at radius 2 is 2.16 bits per heavy atom. The Morgan fingerprint density at radius 3 is 2.84 bits per heavy atom. The number of hydrogen-bond donors (Lipinski definition) is 0. The van der Waals surface area contributed by atoms with Gasteiger partial charge in [0.1, 0.15) is 17.6 Å². The van der Waals surface area contributed by atoms with E-state index in [0.29, 0.717) is 17.4 Å². The third-order valence-electron chi connectivity index (χ3n) is 5.24. The predicted octanol–water partition coefficient (Wildman–Crippen LogP) is 3.45. The van der Waals surface area contributed by atoms with Crippen LogP contribution in [0.1, 0.15) is 37.8 Å². The van der Waals surface area contributed by atoms with Gasteiger partial charge >= 0.3 is 0 Å². The molecule has 0 unspecified atom stereocenters. The summed E-state index contributed by atoms with van der Waals surface area (Å²) in [5.74, 6) is 2.35. The van der Waals surface area contributed by atoms with Crippen LogP contribution in [0.25, 0.3) is 0 Å². The van der Waals surface area contributed by atoms with Crippen molar-refractivity contribution >= 4 is 5.71 Å². The van der Waals surface area contributed by atoms with Crippen molar-refractivity contribution in [3.05, 3.63) is 53.0 Å². The molecule has 2 heterocycles. The summed E-state index contributed by atoms with van der Waals surface area (Å²) in [5, 5.41) is 14.0. The van der Waals surface area contributed by atoms with E-state index < -0.39 is 0 Å². The molecule has 0 radical (unpaired) electrons. The first-order chi connectivity index (χ1) is 12.1. The number of para-hydroxylation sites is 1. The Kier molecular flexibility index (Phi) is 3.85. The Morgan fingerprint density at radius 1 is 1.36 bits per heavy atom. The van der Waals surface area contributed by atoms with Crippen molar-refractivity contribution in [3.63, 3.8) is 0 Å². The SMILES string of the molecule is COc1c(C#N)cccc1C1=NC2=CCN([C@H](C)C3CC3)N2C(C)=C1. The van der Waals surface area contributed by atoms with Crippen molar-refractivity contribution in [2.24, 2.45) is 10.9 Å². The number of benzene rings is 1. The van der Waals surface area contributed by atoms with Gasteiger partial charge in [-0.15, -0.1) is 0 Å². The average Bonchev–Trinajstić information content (AvgIpc) is 3.39. The van der Waals surface area contributed by atoms with Crippen LogP contribution in [0.4, 0.5) is 0 Å². The molecule has 25 heavy (non-hydrogen) atoms. The van der Waals surface area contributed by atoms with Crippen LogP contribution in [-0.2, 0) is 0 Å². The van der Waals surface area contributed by atoms with Crippen molar-refractivity contribution in [1.82, 2.24) is 10.0 Å². The fourth-order valence-corrected chi connectivity index (χ4v) is 3.72. The van der Waals surface area contributed by atoms with Gasteiger partial charge in [0.15, 0.2) is 0 Å². The van der Waals surface area contributed by atoms with Gasteiger partial charge in [-0.25, -0.2) is 10.0 Å². The number of allylic oxidation sites excluding steroid dienone is 2. The zero-order valence-corrected chi connectivity index (χ0v) is 14.9. The van der Waals surface area contributed by atoms with Gasteiger partial charge in [0.05, 0.1) is 18.4 Å². The van der Waals surface area contributed by atoms with E-state index in [2.05, 4.69) is 42.1 Å². The van der Waals surface area contributed by atoms with Gasteiger partial charge in [0.2, 0.25) is 0 Å². The third kappa shape index (κ3) is 2.63. The van der Waals surface area contributed by atoms with Crippen LogP contribution in [0.15, 0.2) is 46.9 Å². The number of rotatable bonds is 4. The molecule has 5 nitrogen and oxygen atoms in total. The molecule has 0 spiro atoms. The number of nitriles is 1. The maximum atomic E-state index is 9.32.